The summed E-state index contributed by atoms with van der Waals surface area (Å²) in [6.07, 6.45) is 3.94. The van der Waals surface area contributed by atoms with E-state index < -0.39 is 0 Å². The largest absolute Gasteiger partial charge is 0.370 e. The number of nitrogens with one attached hydrogen (secondary N) is 3. The highest BCUT2D eigenvalue weighted by Gasteiger charge is 2.04. The smallest absolute Gasteiger partial charge is 0.191 e. The Labute approximate surface area is 147 Å². The molecule has 2 aromatic rings. The first-order chi connectivity index (χ1) is 11.7. The predicted octanol–water partition coefficient (Wildman–Crippen LogP) is 2.71. The lowest BCUT2D eigenvalue weighted by atomic mass is 10.3. The molecule has 0 fully saturated rings. The number of pyridine rings is 1. The molecule has 0 unspecified atom stereocenters. The fraction of sp³-hybridized carbons (Fsp3) is 0.471. The van der Waals surface area contributed by atoms with Crippen LogP contribution in [-0.4, -0.2) is 36.1 Å². The van der Waals surface area contributed by atoms with Crippen LogP contribution < -0.4 is 16.0 Å². The lowest BCUT2D eigenvalue weighted by Gasteiger charge is -2.11. The minimum atomic E-state index is 0.709. The summed E-state index contributed by atoms with van der Waals surface area (Å²) in [5.41, 5.74) is 1.11. The van der Waals surface area contributed by atoms with Gasteiger partial charge in [0.05, 0.1) is 12.2 Å². The van der Waals surface area contributed by atoms with Crippen molar-refractivity contribution in [3.05, 3.63) is 40.0 Å². The second-order valence-corrected chi connectivity index (χ2v) is 6.74. The van der Waals surface area contributed by atoms with E-state index in [2.05, 4.69) is 37.8 Å². The molecule has 0 aliphatic rings. The van der Waals surface area contributed by atoms with Crippen molar-refractivity contribution in [2.24, 2.45) is 4.99 Å². The molecule has 130 valence electrons. The molecule has 0 spiro atoms. The number of hydrogen-bond acceptors (Lipinski definition) is 5. The monoisotopic (exact) mass is 346 g/mol. The quantitative estimate of drug-likeness (QED) is 0.389. The zero-order valence-electron chi connectivity index (χ0n) is 14.6. The molecule has 2 heterocycles. The summed E-state index contributed by atoms with van der Waals surface area (Å²) >= 11 is 1.73. The molecule has 6 nitrogen and oxygen atoms in total. The molecule has 0 aliphatic carbocycles. The molecule has 0 atom stereocenters. The number of aryl methyl sites for hydroxylation is 2. The van der Waals surface area contributed by atoms with Gasteiger partial charge in [0.2, 0.25) is 0 Å². The Morgan fingerprint density at radius 1 is 1.17 bits per heavy atom. The molecular formula is C17H26N6S. The molecule has 0 bridgehead atoms. The molecule has 0 radical (unpaired) electrons. The van der Waals surface area contributed by atoms with Crippen molar-refractivity contribution in [1.29, 1.82) is 0 Å². The summed E-state index contributed by atoms with van der Waals surface area (Å²) in [5, 5.41) is 11.0. The summed E-state index contributed by atoms with van der Waals surface area (Å²) in [4.78, 5) is 14.3. The number of anilines is 1. The average Bonchev–Trinajstić information content (AvgIpc) is 2.92. The van der Waals surface area contributed by atoms with Gasteiger partial charge < -0.3 is 16.0 Å². The van der Waals surface area contributed by atoms with Gasteiger partial charge in [0.15, 0.2) is 5.96 Å². The first-order valence-electron chi connectivity index (χ1n) is 8.21. The highest BCUT2D eigenvalue weighted by Crippen LogP contribution is 2.15. The van der Waals surface area contributed by atoms with E-state index in [4.69, 9.17) is 0 Å². The Hall–Kier alpha value is -2.15. The van der Waals surface area contributed by atoms with Gasteiger partial charge >= 0.3 is 0 Å². The van der Waals surface area contributed by atoms with Crippen molar-refractivity contribution in [2.45, 2.75) is 33.2 Å². The number of thiazole rings is 1. The first-order valence-corrected chi connectivity index (χ1v) is 9.03. The Kier molecular flexibility index (Phi) is 7.48. The maximum atomic E-state index is 4.53. The van der Waals surface area contributed by atoms with Crippen molar-refractivity contribution < 1.29 is 0 Å². The van der Waals surface area contributed by atoms with Crippen LogP contribution in [0.15, 0.2) is 29.4 Å². The van der Waals surface area contributed by atoms with Crippen LogP contribution >= 0.6 is 11.3 Å². The molecule has 0 saturated carbocycles. The molecule has 2 rings (SSSR count). The lowest BCUT2D eigenvalue weighted by Crippen LogP contribution is -2.37. The van der Waals surface area contributed by atoms with Crippen molar-refractivity contribution in [1.82, 2.24) is 20.6 Å². The maximum Gasteiger partial charge on any atom is 0.191 e. The normalized spacial score (nSPS) is 11.4. The van der Waals surface area contributed by atoms with Crippen molar-refractivity contribution >= 4 is 23.1 Å². The number of guanidine groups is 1. The molecule has 24 heavy (non-hydrogen) atoms. The van der Waals surface area contributed by atoms with Crippen LogP contribution in [0.2, 0.25) is 0 Å². The predicted molar refractivity (Wildman–Crippen MR) is 102 cm³/mol. The third-order valence-corrected chi connectivity index (χ3v) is 4.64. The van der Waals surface area contributed by atoms with E-state index >= 15 is 0 Å². The molecule has 0 saturated heterocycles. The van der Waals surface area contributed by atoms with E-state index in [0.717, 1.165) is 48.4 Å². The van der Waals surface area contributed by atoms with E-state index in [-0.39, 0.29) is 0 Å². The highest BCUT2D eigenvalue weighted by atomic mass is 32.1. The number of hydrogen-bond donors (Lipinski definition) is 3. The average molecular weight is 347 g/mol. The Morgan fingerprint density at radius 3 is 2.67 bits per heavy atom. The fourth-order valence-corrected chi connectivity index (χ4v) is 3.01. The molecule has 0 aliphatic heterocycles. The molecule has 7 heteroatoms. The summed E-state index contributed by atoms with van der Waals surface area (Å²) in [5.74, 6) is 1.75. The Bertz CT molecular complexity index is 618. The van der Waals surface area contributed by atoms with Gasteiger partial charge in [-0.05, 0) is 38.8 Å². The van der Waals surface area contributed by atoms with Crippen LogP contribution in [0, 0.1) is 13.8 Å². The molecule has 0 aromatic carbocycles. The van der Waals surface area contributed by atoms with E-state index in [1.165, 1.54) is 4.88 Å². The van der Waals surface area contributed by atoms with Crippen LogP contribution in [0.1, 0.15) is 28.4 Å². The van der Waals surface area contributed by atoms with Crippen LogP contribution in [-0.2, 0) is 6.54 Å². The molecule has 0 amide bonds. The standard InChI is InChI=1S/C17H26N6S/c1-13-14(2)24-16(23-13)12-22-17(18-3)21-11-7-6-10-20-15-8-4-5-9-19-15/h4-5,8-9H,6-7,10-12H2,1-3H3,(H,19,20)(H2,18,21,22). The van der Waals surface area contributed by atoms with E-state index in [1.54, 1.807) is 24.6 Å². The minimum Gasteiger partial charge on any atom is -0.370 e. The molecular weight excluding hydrogens is 320 g/mol. The van der Waals surface area contributed by atoms with Gasteiger partial charge in [-0.2, -0.15) is 0 Å². The maximum absolute atomic E-state index is 4.53. The van der Waals surface area contributed by atoms with Crippen molar-refractivity contribution in [3.63, 3.8) is 0 Å². The van der Waals surface area contributed by atoms with Gasteiger partial charge in [0.1, 0.15) is 10.8 Å². The van der Waals surface area contributed by atoms with Crippen LogP contribution in [0.3, 0.4) is 0 Å². The Balaban J connectivity index is 1.58. The number of rotatable bonds is 8. The minimum absolute atomic E-state index is 0.709. The van der Waals surface area contributed by atoms with Crippen molar-refractivity contribution in [2.75, 3.05) is 25.5 Å². The first kappa shape index (κ1) is 18.2. The van der Waals surface area contributed by atoms with Crippen LogP contribution in [0.25, 0.3) is 0 Å². The lowest BCUT2D eigenvalue weighted by molar-refractivity contribution is 0.710. The second kappa shape index (κ2) is 9.87. The number of aliphatic imine (C=N–C) groups is 1. The zero-order valence-corrected chi connectivity index (χ0v) is 15.4. The van der Waals surface area contributed by atoms with E-state index in [9.17, 15) is 0 Å². The van der Waals surface area contributed by atoms with Crippen LogP contribution in [0.5, 0.6) is 0 Å². The van der Waals surface area contributed by atoms with Crippen LogP contribution in [0.4, 0.5) is 5.82 Å². The van der Waals surface area contributed by atoms with Gasteiger partial charge in [-0.25, -0.2) is 9.97 Å². The SMILES string of the molecule is CN=C(NCCCCNc1ccccn1)NCc1nc(C)c(C)s1. The van der Waals surface area contributed by atoms with Crippen molar-refractivity contribution in [3.8, 4) is 0 Å². The van der Waals surface area contributed by atoms with Gasteiger partial charge in [-0.1, -0.05) is 6.07 Å². The number of aromatic nitrogens is 2. The van der Waals surface area contributed by atoms with Gasteiger partial charge in [0, 0.05) is 31.2 Å². The third-order valence-electron chi connectivity index (χ3n) is 3.57. The summed E-state index contributed by atoms with van der Waals surface area (Å²) in [6, 6.07) is 5.88. The summed E-state index contributed by atoms with van der Waals surface area (Å²) < 4.78 is 0. The second-order valence-electron chi connectivity index (χ2n) is 5.45. The van der Waals surface area contributed by atoms with E-state index in [1.807, 2.05) is 25.1 Å². The highest BCUT2D eigenvalue weighted by molar-refractivity contribution is 7.11. The fourth-order valence-electron chi connectivity index (χ4n) is 2.14. The summed E-state index contributed by atoms with van der Waals surface area (Å²) in [6.45, 7) is 6.66. The third kappa shape index (κ3) is 6.16. The molecule has 3 N–H and O–H groups in total. The van der Waals surface area contributed by atoms with Gasteiger partial charge in [-0.15, -0.1) is 11.3 Å². The summed E-state index contributed by atoms with van der Waals surface area (Å²) in [7, 11) is 1.79. The Morgan fingerprint density at radius 2 is 2.00 bits per heavy atom. The van der Waals surface area contributed by atoms with Gasteiger partial charge in [-0.3, -0.25) is 4.99 Å². The molecule has 2 aromatic heterocycles. The topological polar surface area (TPSA) is 74.2 Å². The zero-order chi connectivity index (χ0) is 17.2. The number of unbranched alkanes of at least 4 members (excludes halogenated alkanes) is 1. The number of nitrogens with zero attached hydrogens (tertiary/aromatic N) is 3. The van der Waals surface area contributed by atoms with Gasteiger partial charge in [0.25, 0.3) is 0 Å². The van der Waals surface area contributed by atoms with E-state index in [0.29, 0.717) is 6.54 Å².